The van der Waals surface area contributed by atoms with Gasteiger partial charge in [0.15, 0.2) is 0 Å². The molecule has 0 radical (unpaired) electrons. The molecule has 2 bridgehead atoms. The maximum absolute atomic E-state index is 15.2. The Labute approximate surface area is 257 Å². The van der Waals surface area contributed by atoms with Crippen molar-refractivity contribution in [2.24, 2.45) is 35.0 Å². The van der Waals surface area contributed by atoms with Crippen LogP contribution in [-0.4, -0.2) is 76.7 Å². The molecule has 9 nitrogen and oxygen atoms in total. The maximum atomic E-state index is 15.2. The van der Waals surface area contributed by atoms with E-state index in [0.717, 1.165) is 0 Å². The van der Waals surface area contributed by atoms with E-state index in [0.29, 0.717) is 18.4 Å². The summed E-state index contributed by atoms with van der Waals surface area (Å²) < 4.78 is 57.4. The minimum Gasteiger partial charge on any atom is -0.343 e. The van der Waals surface area contributed by atoms with Crippen LogP contribution in [0.5, 0.6) is 0 Å². The van der Waals surface area contributed by atoms with Crippen LogP contribution in [0.1, 0.15) is 52.0 Å². The molecular weight excluding hydrogens is 594 g/mol. The van der Waals surface area contributed by atoms with Crippen molar-refractivity contribution in [3.8, 4) is 6.07 Å². The summed E-state index contributed by atoms with van der Waals surface area (Å²) in [5.74, 6) is -9.29. The van der Waals surface area contributed by atoms with Gasteiger partial charge in [0.1, 0.15) is 36.0 Å². The molecule has 3 heterocycles. The van der Waals surface area contributed by atoms with E-state index in [1.165, 1.54) is 21.9 Å². The molecule has 5 fully saturated rings. The Balaban J connectivity index is 1.23. The summed E-state index contributed by atoms with van der Waals surface area (Å²) >= 11 is 0. The van der Waals surface area contributed by atoms with Gasteiger partial charge in [0.25, 0.3) is 5.92 Å². The number of nitriles is 1. The number of anilines is 1. The third-order valence-electron chi connectivity index (χ3n) is 11.3. The van der Waals surface area contributed by atoms with Crippen LogP contribution in [0, 0.1) is 52.2 Å². The van der Waals surface area contributed by atoms with E-state index >= 15 is 4.39 Å². The highest BCUT2D eigenvalue weighted by atomic mass is 19.3. The minimum atomic E-state index is -3.14. The Bertz CT molecular complexity index is 1560. The molecule has 13 heteroatoms. The molecule has 1 aromatic rings. The van der Waals surface area contributed by atoms with Gasteiger partial charge in [-0.05, 0) is 53.6 Å². The van der Waals surface area contributed by atoms with Crippen molar-refractivity contribution in [3.05, 3.63) is 29.6 Å². The number of fused-ring (bicyclic) bond motifs is 7. The van der Waals surface area contributed by atoms with E-state index in [4.69, 9.17) is 0 Å². The summed E-state index contributed by atoms with van der Waals surface area (Å²) in [5, 5.41) is 15.3. The number of amides is 4. The van der Waals surface area contributed by atoms with Gasteiger partial charge in [-0.25, -0.2) is 17.6 Å². The zero-order valence-electron chi connectivity index (χ0n) is 25.2. The summed E-state index contributed by atoms with van der Waals surface area (Å²) in [6.07, 6.45) is -0.961. The van der Waals surface area contributed by atoms with Gasteiger partial charge in [-0.15, -0.1) is 0 Å². The Kier molecular flexibility index (Phi) is 6.44. The SMILES string of the molecule is CC(C)(C)C(NC(=O)C1CC1(F)F)C(=O)N1CC2C3CC(F)C(C3)C2C1C(=O)N1CC2(CC1C#N)C(=O)Nc1c(F)cccc12. The standard InChI is InChI=1S/C32H35F4N5O4/c1-30(2,3)25(39-26(42)19-10-32(19,35)36)28(44)40-12-17-14-7-16(21(34)8-14)22(17)24(40)27(43)41-13-31(9-15(41)11-37)18-5-4-6-20(33)23(18)38-29(31)45/h4-6,14-17,19,21-22,24-25H,7-10,12-13H2,1-3H3,(H,38,45)(H,39,42). The lowest BCUT2D eigenvalue weighted by Gasteiger charge is -2.38. The number of nitrogens with one attached hydrogen (secondary N) is 2. The molecule has 45 heavy (non-hydrogen) atoms. The Morgan fingerprint density at radius 3 is 2.49 bits per heavy atom. The number of benzene rings is 1. The molecule has 2 N–H and O–H groups in total. The van der Waals surface area contributed by atoms with Crippen LogP contribution >= 0.6 is 0 Å². The number of nitrogens with zero attached hydrogens (tertiary/aromatic N) is 3. The van der Waals surface area contributed by atoms with E-state index in [-0.39, 0.29) is 37.0 Å². The highest BCUT2D eigenvalue weighted by molar-refractivity contribution is 6.07. The van der Waals surface area contributed by atoms with Crippen LogP contribution in [0.2, 0.25) is 0 Å². The largest absolute Gasteiger partial charge is 0.343 e. The number of halogens is 4. The minimum absolute atomic E-state index is 0.00426. The van der Waals surface area contributed by atoms with Gasteiger partial charge < -0.3 is 20.4 Å². The van der Waals surface area contributed by atoms with Gasteiger partial charge in [-0.1, -0.05) is 32.9 Å². The van der Waals surface area contributed by atoms with E-state index < -0.39 is 94.7 Å². The fourth-order valence-corrected chi connectivity index (χ4v) is 8.99. The molecule has 0 aromatic heterocycles. The van der Waals surface area contributed by atoms with Crippen molar-refractivity contribution in [2.45, 2.75) is 82.1 Å². The lowest BCUT2D eigenvalue weighted by atomic mass is 9.77. The van der Waals surface area contributed by atoms with Crippen molar-refractivity contribution >= 4 is 29.3 Å². The number of rotatable bonds is 4. The normalized spacial score (nSPS) is 37.7. The van der Waals surface area contributed by atoms with Crippen LogP contribution < -0.4 is 10.6 Å². The molecule has 240 valence electrons. The number of hydrogen-bond acceptors (Lipinski definition) is 5. The Hall–Kier alpha value is -3.69. The summed E-state index contributed by atoms with van der Waals surface area (Å²) in [7, 11) is 0. The average Bonchev–Trinajstić information content (AvgIpc) is 3.52. The van der Waals surface area contributed by atoms with Crippen molar-refractivity contribution in [1.82, 2.24) is 15.1 Å². The van der Waals surface area contributed by atoms with Crippen LogP contribution in [0.15, 0.2) is 18.2 Å². The average molecular weight is 630 g/mol. The van der Waals surface area contributed by atoms with Crippen molar-refractivity contribution in [2.75, 3.05) is 18.4 Å². The van der Waals surface area contributed by atoms with Crippen LogP contribution in [0.25, 0.3) is 0 Å². The van der Waals surface area contributed by atoms with E-state index in [9.17, 15) is 37.6 Å². The summed E-state index contributed by atoms with van der Waals surface area (Å²) in [4.78, 5) is 57.7. The van der Waals surface area contributed by atoms with Crippen molar-refractivity contribution < 1.29 is 36.7 Å². The molecule has 10 atom stereocenters. The van der Waals surface area contributed by atoms with Crippen LogP contribution in [0.4, 0.5) is 23.2 Å². The molecule has 3 saturated carbocycles. The molecule has 6 aliphatic rings. The number of hydrogen-bond donors (Lipinski definition) is 2. The molecule has 7 rings (SSSR count). The lowest BCUT2D eigenvalue weighted by Crippen LogP contribution is -2.60. The van der Waals surface area contributed by atoms with E-state index in [1.807, 2.05) is 0 Å². The molecule has 3 aliphatic carbocycles. The van der Waals surface area contributed by atoms with Gasteiger partial charge in [0.2, 0.25) is 23.6 Å². The van der Waals surface area contributed by atoms with Gasteiger partial charge in [0, 0.05) is 25.9 Å². The number of likely N-dealkylation sites (tertiary alicyclic amines) is 2. The molecule has 2 saturated heterocycles. The van der Waals surface area contributed by atoms with Gasteiger partial charge in [0.05, 0.1) is 17.2 Å². The van der Waals surface area contributed by atoms with Crippen molar-refractivity contribution in [1.29, 1.82) is 5.26 Å². The fourth-order valence-electron chi connectivity index (χ4n) is 8.99. The second-order valence-electron chi connectivity index (χ2n) is 14.9. The molecule has 1 aromatic carbocycles. The summed E-state index contributed by atoms with van der Waals surface area (Å²) in [5.41, 5.74) is -1.96. The van der Waals surface area contributed by atoms with E-state index in [1.54, 1.807) is 26.8 Å². The zero-order valence-corrected chi connectivity index (χ0v) is 25.2. The molecule has 10 unspecified atom stereocenters. The number of carbonyl (C=O) groups excluding carboxylic acids is 4. The molecule has 1 spiro atoms. The quantitative estimate of drug-likeness (QED) is 0.496. The number of carbonyl (C=O) groups is 4. The highest BCUT2D eigenvalue weighted by Gasteiger charge is 2.66. The highest BCUT2D eigenvalue weighted by Crippen LogP contribution is 2.59. The monoisotopic (exact) mass is 629 g/mol. The first-order valence-electron chi connectivity index (χ1n) is 15.5. The second kappa shape index (κ2) is 9.66. The zero-order chi connectivity index (χ0) is 32.4. The first-order valence-corrected chi connectivity index (χ1v) is 15.5. The number of alkyl halides is 3. The topological polar surface area (TPSA) is 123 Å². The smallest absolute Gasteiger partial charge is 0.260 e. The Morgan fingerprint density at radius 1 is 1.13 bits per heavy atom. The summed E-state index contributed by atoms with van der Waals surface area (Å²) in [6, 6.07) is 2.85. The van der Waals surface area contributed by atoms with Crippen molar-refractivity contribution in [3.63, 3.8) is 0 Å². The summed E-state index contributed by atoms with van der Waals surface area (Å²) in [6.45, 7) is 4.94. The first-order chi connectivity index (χ1) is 21.1. The van der Waals surface area contributed by atoms with Gasteiger partial charge >= 0.3 is 0 Å². The fraction of sp³-hybridized carbons (Fsp3) is 0.656. The second-order valence-corrected chi connectivity index (χ2v) is 14.9. The predicted octanol–water partition coefficient (Wildman–Crippen LogP) is 3.15. The van der Waals surface area contributed by atoms with Gasteiger partial charge in [-0.3, -0.25) is 19.2 Å². The Morgan fingerprint density at radius 2 is 1.84 bits per heavy atom. The molecule has 3 aliphatic heterocycles. The lowest BCUT2D eigenvalue weighted by molar-refractivity contribution is -0.149. The number of para-hydroxylation sites is 1. The van der Waals surface area contributed by atoms with Crippen LogP contribution in [0.3, 0.4) is 0 Å². The third-order valence-corrected chi connectivity index (χ3v) is 11.3. The third kappa shape index (κ3) is 4.30. The first kappa shape index (κ1) is 30.0. The molecular formula is C32H35F4N5O4. The maximum Gasteiger partial charge on any atom is 0.260 e. The van der Waals surface area contributed by atoms with Crippen LogP contribution in [-0.2, 0) is 24.6 Å². The van der Waals surface area contributed by atoms with Gasteiger partial charge in [-0.2, -0.15) is 5.26 Å². The van der Waals surface area contributed by atoms with E-state index in [2.05, 4.69) is 16.7 Å². The molecule has 4 amide bonds. The predicted molar refractivity (Wildman–Crippen MR) is 150 cm³/mol.